The van der Waals surface area contributed by atoms with Gasteiger partial charge in [-0.25, -0.2) is 0 Å². The molecule has 7 heteroatoms. The second-order valence-electron chi connectivity index (χ2n) is 6.02. The maximum Gasteiger partial charge on any atom is 0.196 e. The van der Waals surface area contributed by atoms with E-state index in [1.165, 1.54) is 12.8 Å². The quantitative estimate of drug-likeness (QED) is 0.941. The van der Waals surface area contributed by atoms with Crippen molar-refractivity contribution in [1.82, 2.24) is 19.6 Å². The molecule has 1 N–H and O–H groups in total. The van der Waals surface area contributed by atoms with Gasteiger partial charge in [0.15, 0.2) is 5.82 Å². The number of nitriles is 1. The number of nitrogens with one attached hydrogen (secondary N) is 1. The van der Waals surface area contributed by atoms with Crippen molar-refractivity contribution >= 4 is 17.4 Å². The molecule has 1 aliphatic carbocycles. The van der Waals surface area contributed by atoms with E-state index in [1.54, 1.807) is 10.9 Å². The molecule has 0 atom stereocenters. The molecule has 0 saturated heterocycles. The standard InChI is InChI=1S/C15H17ClN6/c16-13-12-3-1-2-6-21(12)20-15(13)22-14(11(7-17)9-19-22)18-8-10-4-5-10/h9-10,18H,1-6,8H2. The molecule has 0 radical (unpaired) electrons. The minimum Gasteiger partial charge on any atom is -0.369 e. The molecule has 2 aromatic heterocycles. The van der Waals surface area contributed by atoms with Gasteiger partial charge in [0.05, 0.1) is 11.9 Å². The Morgan fingerprint density at radius 2 is 2.27 bits per heavy atom. The molecule has 1 fully saturated rings. The number of nitrogens with zero attached hydrogens (tertiary/aromatic N) is 5. The molecule has 0 spiro atoms. The summed E-state index contributed by atoms with van der Waals surface area (Å²) in [4.78, 5) is 0. The van der Waals surface area contributed by atoms with Crippen LogP contribution in [0.5, 0.6) is 0 Å². The molecule has 2 aliphatic rings. The third kappa shape index (κ3) is 2.26. The summed E-state index contributed by atoms with van der Waals surface area (Å²) >= 11 is 6.52. The van der Waals surface area contributed by atoms with Gasteiger partial charge >= 0.3 is 0 Å². The fourth-order valence-electron chi connectivity index (χ4n) is 2.90. The van der Waals surface area contributed by atoms with Gasteiger partial charge in [-0.2, -0.15) is 20.1 Å². The number of halogens is 1. The smallest absolute Gasteiger partial charge is 0.196 e. The molecule has 1 aliphatic heterocycles. The van der Waals surface area contributed by atoms with Crippen molar-refractivity contribution in [2.45, 2.75) is 38.6 Å². The topological polar surface area (TPSA) is 71.5 Å². The van der Waals surface area contributed by atoms with Crippen molar-refractivity contribution in [3.63, 3.8) is 0 Å². The number of aromatic nitrogens is 4. The lowest BCUT2D eigenvalue weighted by Crippen LogP contribution is -2.12. The first-order valence-electron chi connectivity index (χ1n) is 7.75. The fraction of sp³-hybridized carbons (Fsp3) is 0.533. The summed E-state index contributed by atoms with van der Waals surface area (Å²) in [6.45, 7) is 1.76. The number of hydrogen-bond acceptors (Lipinski definition) is 4. The van der Waals surface area contributed by atoms with Crippen molar-refractivity contribution in [1.29, 1.82) is 5.26 Å². The van der Waals surface area contributed by atoms with Gasteiger partial charge in [-0.3, -0.25) is 4.68 Å². The van der Waals surface area contributed by atoms with Crippen LogP contribution >= 0.6 is 11.6 Å². The minimum atomic E-state index is 0.530. The van der Waals surface area contributed by atoms with Crippen molar-refractivity contribution < 1.29 is 0 Å². The van der Waals surface area contributed by atoms with E-state index in [-0.39, 0.29) is 0 Å². The first kappa shape index (κ1) is 13.6. The molecule has 4 rings (SSSR count). The zero-order chi connectivity index (χ0) is 15.1. The maximum atomic E-state index is 9.29. The largest absolute Gasteiger partial charge is 0.369 e. The van der Waals surface area contributed by atoms with E-state index in [0.717, 1.165) is 38.0 Å². The second kappa shape index (κ2) is 5.33. The van der Waals surface area contributed by atoms with Crippen molar-refractivity contribution in [3.05, 3.63) is 22.5 Å². The molecule has 22 heavy (non-hydrogen) atoms. The first-order valence-corrected chi connectivity index (χ1v) is 8.13. The highest BCUT2D eigenvalue weighted by molar-refractivity contribution is 6.32. The minimum absolute atomic E-state index is 0.530. The number of hydrogen-bond donors (Lipinski definition) is 1. The Morgan fingerprint density at radius 3 is 3.00 bits per heavy atom. The summed E-state index contributed by atoms with van der Waals surface area (Å²) in [5.41, 5.74) is 1.60. The van der Waals surface area contributed by atoms with Gasteiger partial charge < -0.3 is 5.32 Å². The summed E-state index contributed by atoms with van der Waals surface area (Å²) in [5.74, 6) is 2.03. The van der Waals surface area contributed by atoms with E-state index in [1.807, 2.05) is 4.68 Å². The summed E-state index contributed by atoms with van der Waals surface area (Å²) in [5, 5.41) is 22.2. The van der Waals surface area contributed by atoms with Gasteiger partial charge in [-0.05, 0) is 38.0 Å². The van der Waals surface area contributed by atoms with Crippen molar-refractivity contribution in [2.24, 2.45) is 5.92 Å². The van der Waals surface area contributed by atoms with Gasteiger partial charge in [0.1, 0.15) is 22.5 Å². The summed E-state index contributed by atoms with van der Waals surface area (Å²) < 4.78 is 3.65. The lowest BCUT2D eigenvalue weighted by molar-refractivity contribution is 0.484. The summed E-state index contributed by atoms with van der Waals surface area (Å²) in [6, 6.07) is 2.19. The highest BCUT2D eigenvalue weighted by atomic mass is 35.5. The highest BCUT2D eigenvalue weighted by Crippen LogP contribution is 2.32. The third-order valence-corrected chi connectivity index (χ3v) is 4.74. The van der Waals surface area contributed by atoms with Gasteiger partial charge in [0.2, 0.25) is 0 Å². The molecule has 2 aromatic rings. The molecule has 1 saturated carbocycles. The predicted molar refractivity (Wildman–Crippen MR) is 83.2 cm³/mol. The molecular formula is C15H17ClN6. The maximum absolute atomic E-state index is 9.29. The van der Waals surface area contributed by atoms with Crippen LogP contribution in [-0.4, -0.2) is 26.1 Å². The van der Waals surface area contributed by atoms with Gasteiger partial charge in [0.25, 0.3) is 0 Å². The Hall–Kier alpha value is -2.00. The first-order chi connectivity index (χ1) is 10.8. The molecule has 0 aromatic carbocycles. The van der Waals surface area contributed by atoms with Crippen LogP contribution < -0.4 is 5.32 Å². The lowest BCUT2D eigenvalue weighted by atomic mass is 10.1. The van der Waals surface area contributed by atoms with E-state index < -0.39 is 0 Å². The van der Waals surface area contributed by atoms with E-state index >= 15 is 0 Å². The molecule has 0 unspecified atom stereocenters. The zero-order valence-corrected chi connectivity index (χ0v) is 13.0. The fourth-order valence-corrected chi connectivity index (χ4v) is 3.21. The monoisotopic (exact) mass is 316 g/mol. The van der Waals surface area contributed by atoms with Crippen LogP contribution in [0.15, 0.2) is 6.20 Å². The Morgan fingerprint density at radius 1 is 1.41 bits per heavy atom. The highest BCUT2D eigenvalue weighted by Gasteiger charge is 2.25. The van der Waals surface area contributed by atoms with Crippen LogP contribution in [0.2, 0.25) is 5.02 Å². The Kier molecular flexibility index (Phi) is 3.30. The van der Waals surface area contributed by atoms with Crippen LogP contribution in [0.25, 0.3) is 5.82 Å². The average Bonchev–Trinajstić information content (AvgIpc) is 3.20. The molecule has 0 bridgehead atoms. The number of anilines is 1. The summed E-state index contributed by atoms with van der Waals surface area (Å²) in [7, 11) is 0. The van der Waals surface area contributed by atoms with Crippen LogP contribution in [0, 0.1) is 17.2 Å². The number of fused-ring (bicyclic) bond motifs is 1. The Labute approximate surface area is 133 Å². The normalized spacial score (nSPS) is 17.1. The number of aryl methyl sites for hydroxylation is 1. The predicted octanol–water partition coefficient (Wildman–Crippen LogP) is 2.75. The Balaban J connectivity index is 1.74. The third-order valence-electron chi connectivity index (χ3n) is 4.36. The van der Waals surface area contributed by atoms with E-state index in [2.05, 4.69) is 21.6 Å². The van der Waals surface area contributed by atoms with Gasteiger partial charge in [-0.15, -0.1) is 0 Å². The molecular weight excluding hydrogens is 300 g/mol. The van der Waals surface area contributed by atoms with Gasteiger partial charge in [0, 0.05) is 13.1 Å². The van der Waals surface area contributed by atoms with Crippen molar-refractivity contribution in [3.8, 4) is 11.9 Å². The summed E-state index contributed by atoms with van der Waals surface area (Å²) in [6.07, 6.45) is 7.29. The molecule has 114 valence electrons. The van der Waals surface area contributed by atoms with Crippen LogP contribution in [-0.2, 0) is 13.0 Å². The van der Waals surface area contributed by atoms with Crippen LogP contribution in [0.1, 0.15) is 36.9 Å². The van der Waals surface area contributed by atoms with Crippen LogP contribution in [0.3, 0.4) is 0 Å². The van der Waals surface area contributed by atoms with E-state index in [4.69, 9.17) is 11.6 Å². The molecule has 6 nitrogen and oxygen atoms in total. The second-order valence-corrected chi connectivity index (χ2v) is 6.40. The SMILES string of the molecule is N#Cc1cnn(-c2nn3c(c2Cl)CCCC3)c1NCC1CC1. The lowest BCUT2D eigenvalue weighted by Gasteiger charge is -2.12. The van der Waals surface area contributed by atoms with Crippen molar-refractivity contribution in [2.75, 3.05) is 11.9 Å². The van der Waals surface area contributed by atoms with Gasteiger partial charge in [-0.1, -0.05) is 11.6 Å². The molecule has 3 heterocycles. The van der Waals surface area contributed by atoms with E-state index in [0.29, 0.717) is 28.1 Å². The Bertz CT molecular complexity index is 749. The number of rotatable bonds is 4. The average molecular weight is 317 g/mol. The molecule has 0 amide bonds. The van der Waals surface area contributed by atoms with Crippen LogP contribution in [0.4, 0.5) is 5.82 Å². The van der Waals surface area contributed by atoms with E-state index in [9.17, 15) is 5.26 Å². The zero-order valence-electron chi connectivity index (χ0n) is 12.2.